The van der Waals surface area contributed by atoms with E-state index < -0.39 is 11.2 Å². The Hall–Kier alpha value is -0.940. The summed E-state index contributed by atoms with van der Waals surface area (Å²) < 4.78 is 0. The van der Waals surface area contributed by atoms with Gasteiger partial charge >= 0.3 is 0 Å². The van der Waals surface area contributed by atoms with Crippen LogP contribution in [0.3, 0.4) is 0 Å². The summed E-state index contributed by atoms with van der Waals surface area (Å²) in [5.41, 5.74) is -0.153. The third-order valence-electron chi connectivity index (χ3n) is 7.31. The first-order valence-electron chi connectivity index (χ1n) is 10.2. The minimum Gasteiger partial charge on any atom is -0.388 e. The molecule has 3 aliphatic rings. The molecule has 4 unspecified atom stereocenters. The lowest BCUT2D eigenvalue weighted by Crippen LogP contribution is -2.63. The Bertz CT molecular complexity index is 639. The van der Waals surface area contributed by atoms with Crippen molar-refractivity contribution in [3.63, 3.8) is 0 Å². The van der Waals surface area contributed by atoms with Gasteiger partial charge in [0.25, 0.3) is 0 Å². The van der Waals surface area contributed by atoms with Crippen molar-refractivity contribution in [3.8, 4) is 0 Å². The van der Waals surface area contributed by atoms with Gasteiger partial charge in [-0.3, -0.25) is 0 Å². The molecule has 2 aliphatic heterocycles. The van der Waals surface area contributed by atoms with Gasteiger partial charge in [-0.1, -0.05) is 44.2 Å². The molecule has 3 fully saturated rings. The molecule has 0 radical (unpaired) electrons. The highest BCUT2D eigenvalue weighted by molar-refractivity contribution is 5.25. The molecule has 1 aromatic carbocycles. The van der Waals surface area contributed by atoms with Gasteiger partial charge in [-0.15, -0.1) is 0 Å². The highest BCUT2D eigenvalue weighted by Crippen LogP contribution is 2.46. The lowest BCUT2D eigenvalue weighted by molar-refractivity contribution is -0.0395. The fourth-order valence-corrected chi connectivity index (χ4v) is 5.41. The van der Waals surface area contributed by atoms with E-state index in [1.165, 1.54) is 0 Å². The Kier molecular flexibility index (Phi) is 4.47. The standard InChI is InChI=1S/C22H34N2O2/c1-20(2)13-19(23-14-20)22(26)10-9-15(12-22)17-11-18(24-17)21(3,25)16-7-5-4-6-8-16/h4-8,15,17-19,23-26H,9-14H2,1-3H3/t15?,17?,18-,19-,21?,22?/m0/s1. The summed E-state index contributed by atoms with van der Waals surface area (Å²) in [6.07, 6.45) is 4.88. The molecule has 2 saturated heterocycles. The zero-order valence-electron chi connectivity index (χ0n) is 16.3. The summed E-state index contributed by atoms with van der Waals surface area (Å²) >= 11 is 0. The molecule has 4 rings (SSSR count). The van der Waals surface area contributed by atoms with Crippen LogP contribution < -0.4 is 10.6 Å². The van der Waals surface area contributed by atoms with Crippen LogP contribution in [0.2, 0.25) is 0 Å². The molecule has 0 aromatic heterocycles. The van der Waals surface area contributed by atoms with Crippen molar-refractivity contribution in [2.75, 3.05) is 6.54 Å². The summed E-state index contributed by atoms with van der Waals surface area (Å²) in [6, 6.07) is 10.7. The molecule has 1 aliphatic carbocycles. The van der Waals surface area contributed by atoms with Crippen molar-refractivity contribution in [1.82, 2.24) is 10.6 Å². The molecule has 26 heavy (non-hydrogen) atoms. The zero-order chi connectivity index (χ0) is 18.6. The first kappa shape index (κ1) is 18.4. The maximum Gasteiger partial charge on any atom is 0.102 e. The number of rotatable bonds is 4. The Morgan fingerprint density at radius 2 is 1.85 bits per heavy atom. The van der Waals surface area contributed by atoms with Crippen molar-refractivity contribution < 1.29 is 10.2 Å². The van der Waals surface area contributed by atoms with Crippen molar-refractivity contribution in [1.29, 1.82) is 0 Å². The largest absolute Gasteiger partial charge is 0.388 e. The van der Waals surface area contributed by atoms with E-state index in [-0.39, 0.29) is 17.5 Å². The first-order chi connectivity index (χ1) is 12.2. The predicted octanol–water partition coefficient (Wildman–Crippen LogP) is 2.54. The smallest absolute Gasteiger partial charge is 0.102 e. The monoisotopic (exact) mass is 358 g/mol. The molecule has 0 amide bonds. The Balaban J connectivity index is 1.34. The van der Waals surface area contributed by atoms with E-state index in [2.05, 4.69) is 24.5 Å². The van der Waals surface area contributed by atoms with Crippen molar-refractivity contribution in [2.45, 2.75) is 82.2 Å². The van der Waals surface area contributed by atoms with Gasteiger partial charge in [0.1, 0.15) is 5.60 Å². The molecule has 1 aromatic rings. The van der Waals surface area contributed by atoms with Crippen LogP contribution in [0.5, 0.6) is 0 Å². The van der Waals surface area contributed by atoms with E-state index in [0.29, 0.717) is 12.0 Å². The van der Waals surface area contributed by atoms with Crippen LogP contribution in [0.25, 0.3) is 0 Å². The molecule has 2 heterocycles. The zero-order valence-corrected chi connectivity index (χ0v) is 16.3. The molecule has 0 bridgehead atoms. The van der Waals surface area contributed by atoms with Gasteiger partial charge in [-0.05, 0) is 55.9 Å². The molecule has 6 atom stereocenters. The second-order valence-corrected chi connectivity index (χ2v) is 9.98. The second kappa shape index (κ2) is 6.30. The van der Waals surface area contributed by atoms with Crippen LogP contribution in [0.15, 0.2) is 30.3 Å². The number of aliphatic hydroxyl groups is 2. The lowest BCUT2D eigenvalue weighted by Gasteiger charge is -2.48. The van der Waals surface area contributed by atoms with Crippen LogP contribution in [0.4, 0.5) is 0 Å². The van der Waals surface area contributed by atoms with Gasteiger partial charge in [0, 0.05) is 24.7 Å². The van der Waals surface area contributed by atoms with E-state index in [4.69, 9.17) is 0 Å². The van der Waals surface area contributed by atoms with Gasteiger partial charge < -0.3 is 20.8 Å². The van der Waals surface area contributed by atoms with Crippen LogP contribution >= 0.6 is 0 Å². The van der Waals surface area contributed by atoms with Crippen molar-refractivity contribution >= 4 is 0 Å². The van der Waals surface area contributed by atoms with Gasteiger partial charge in [0.15, 0.2) is 0 Å². The normalized spacial score (nSPS) is 41.6. The highest BCUT2D eigenvalue weighted by atomic mass is 16.3. The predicted molar refractivity (Wildman–Crippen MR) is 104 cm³/mol. The van der Waals surface area contributed by atoms with Crippen LogP contribution in [-0.2, 0) is 5.60 Å². The molecule has 4 nitrogen and oxygen atoms in total. The maximum atomic E-state index is 11.2. The van der Waals surface area contributed by atoms with Gasteiger partial charge in [0.05, 0.1) is 5.60 Å². The van der Waals surface area contributed by atoms with E-state index in [0.717, 1.165) is 44.2 Å². The fourth-order valence-electron chi connectivity index (χ4n) is 5.41. The highest BCUT2D eigenvalue weighted by Gasteiger charge is 2.52. The van der Waals surface area contributed by atoms with Gasteiger partial charge in [-0.25, -0.2) is 0 Å². The number of nitrogens with one attached hydrogen (secondary N) is 2. The van der Waals surface area contributed by atoms with Crippen LogP contribution in [0, 0.1) is 11.3 Å². The van der Waals surface area contributed by atoms with E-state index in [1.54, 1.807) is 0 Å². The topological polar surface area (TPSA) is 64.5 Å². The number of benzene rings is 1. The van der Waals surface area contributed by atoms with Gasteiger partial charge in [0.2, 0.25) is 0 Å². The van der Waals surface area contributed by atoms with E-state index >= 15 is 0 Å². The maximum absolute atomic E-state index is 11.2. The first-order valence-corrected chi connectivity index (χ1v) is 10.2. The summed E-state index contributed by atoms with van der Waals surface area (Å²) in [4.78, 5) is 0. The quantitative estimate of drug-likeness (QED) is 0.668. The lowest BCUT2D eigenvalue weighted by atomic mass is 9.74. The molecular formula is C22H34N2O2. The molecule has 1 saturated carbocycles. The molecule has 4 heteroatoms. The van der Waals surface area contributed by atoms with Crippen LogP contribution in [-0.4, -0.2) is 40.5 Å². The molecular weight excluding hydrogens is 324 g/mol. The van der Waals surface area contributed by atoms with Gasteiger partial charge in [-0.2, -0.15) is 0 Å². The number of hydrogen-bond acceptors (Lipinski definition) is 4. The summed E-state index contributed by atoms with van der Waals surface area (Å²) in [5, 5.41) is 29.4. The minimum atomic E-state index is -0.844. The molecule has 0 spiro atoms. The van der Waals surface area contributed by atoms with Crippen molar-refractivity contribution in [2.24, 2.45) is 11.3 Å². The third kappa shape index (κ3) is 3.22. The van der Waals surface area contributed by atoms with E-state index in [9.17, 15) is 10.2 Å². The fraction of sp³-hybridized carbons (Fsp3) is 0.727. The van der Waals surface area contributed by atoms with Crippen molar-refractivity contribution in [3.05, 3.63) is 35.9 Å². The molecule has 144 valence electrons. The Labute approximate surface area is 157 Å². The van der Waals surface area contributed by atoms with Crippen LogP contribution in [0.1, 0.15) is 58.4 Å². The molecule has 4 N–H and O–H groups in total. The number of hydrogen-bond donors (Lipinski definition) is 4. The summed E-state index contributed by atoms with van der Waals surface area (Å²) in [7, 11) is 0. The van der Waals surface area contributed by atoms with E-state index in [1.807, 2.05) is 37.3 Å². The Morgan fingerprint density at radius 1 is 1.15 bits per heavy atom. The Morgan fingerprint density at radius 3 is 2.46 bits per heavy atom. The average Bonchev–Trinajstić information content (AvgIpc) is 3.11. The second-order valence-electron chi connectivity index (χ2n) is 9.98. The minimum absolute atomic E-state index is 0.0899. The summed E-state index contributed by atoms with van der Waals surface area (Å²) in [6.45, 7) is 7.46. The average molecular weight is 359 g/mol. The SMILES string of the molecule is CC1(C)CN[C@H](C2(O)CCC(C3C[C@@H](C(C)(O)c4ccccc4)N3)C2)C1. The summed E-state index contributed by atoms with van der Waals surface area (Å²) in [5.74, 6) is 0.508. The third-order valence-corrected chi connectivity index (χ3v) is 7.31.